The van der Waals surface area contributed by atoms with Crippen molar-refractivity contribution in [2.24, 2.45) is 0 Å². The van der Waals surface area contributed by atoms with Gasteiger partial charge < -0.3 is 24.8 Å². The molecule has 2 aromatic carbocycles. The third-order valence-corrected chi connectivity index (χ3v) is 10.5. The van der Waals surface area contributed by atoms with E-state index in [1.807, 2.05) is 0 Å². The summed E-state index contributed by atoms with van der Waals surface area (Å²) in [5.74, 6) is 0. The van der Waals surface area contributed by atoms with Crippen LogP contribution in [0.15, 0.2) is 70.0 Å². The van der Waals surface area contributed by atoms with Crippen molar-refractivity contribution in [3.63, 3.8) is 0 Å². The molecule has 30 heavy (non-hydrogen) atoms. The number of aryl methyl sites for hydroxylation is 1. The molecule has 0 amide bonds. The van der Waals surface area contributed by atoms with Gasteiger partial charge in [-0.3, -0.25) is 0 Å². The summed E-state index contributed by atoms with van der Waals surface area (Å²) >= 11 is -0.735. The minimum atomic E-state index is -0.735. The number of halogens is 2. The van der Waals surface area contributed by atoms with Crippen LogP contribution in [0.4, 0.5) is 0 Å². The van der Waals surface area contributed by atoms with Crippen molar-refractivity contribution in [1.29, 1.82) is 0 Å². The predicted octanol–water partition coefficient (Wildman–Crippen LogP) is 0.507. The Morgan fingerprint density at radius 2 is 1.70 bits per heavy atom. The van der Waals surface area contributed by atoms with Crippen molar-refractivity contribution in [3.05, 3.63) is 92.4 Å². The molecule has 0 bridgehead atoms. The fourth-order valence-electron chi connectivity index (χ4n) is 5.18. The Hall–Kier alpha value is -1.34. The van der Waals surface area contributed by atoms with Crippen LogP contribution in [0, 0.1) is 0 Å². The second-order valence-corrected chi connectivity index (χ2v) is 11.8. The average molecular weight is 512 g/mol. The maximum atomic E-state index is 2.68. The summed E-state index contributed by atoms with van der Waals surface area (Å²) in [6, 6.07) is 18.2. The molecule has 0 N–H and O–H groups in total. The molecule has 150 valence electrons. The number of aromatic nitrogens is 1. The largest absolute Gasteiger partial charge is 1.00 e. The summed E-state index contributed by atoms with van der Waals surface area (Å²) in [5, 5.41) is 1.49. The molecule has 1 heterocycles. The Bertz CT molecular complexity index is 1180. The fourth-order valence-corrected chi connectivity index (χ4v) is 9.06. The number of fused-ring (bicyclic) bond motifs is 4. The summed E-state index contributed by atoms with van der Waals surface area (Å²) in [6.07, 6.45) is 15.8. The summed E-state index contributed by atoms with van der Waals surface area (Å²) in [7, 11) is 0. The van der Waals surface area contributed by atoms with E-state index in [1.54, 1.807) is 25.8 Å². The molecule has 3 aromatic rings. The summed E-state index contributed by atoms with van der Waals surface area (Å²) < 4.78 is 5.02. The molecule has 1 nitrogen and oxygen atoms in total. The van der Waals surface area contributed by atoms with E-state index in [-0.39, 0.29) is 24.8 Å². The van der Waals surface area contributed by atoms with Gasteiger partial charge in [-0.05, 0) is 0 Å². The van der Waals surface area contributed by atoms with Crippen molar-refractivity contribution >= 4 is 22.7 Å². The minimum Gasteiger partial charge on any atom is -1.00 e. The first-order valence-corrected chi connectivity index (χ1v) is 13.1. The maximum Gasteiger partial charge on any atom is -1.00 e. The third kappa shape index (κ3) is 3.52. The summed E-state index contributed by atoms with van der Waals surface area (Å²) in [6.45, 7) is 0. The molecule has 0 aliphatic heterocycles. The zero-order valence-corrected chi connectivity index (χ0v) is 20.7. The van der Waals surface area contributed by atoms with Crippen LogP contribution in [-0.4, -0.2) is 4.57 Å². The van der Waals surface area contributed by atoms with Gasteiger partial charge in [0.1, 0.15) is 0 Å². The molecule has 0 spiro atoms. The number of hydrogen-bond donors (Lipinski definition) is 0. The van der Waals surface area contributed by atoms with E-state index in [9.17, 15) is 0 Å². The number of hydrogen-bond acceptors (Lipinski definition) is 0. The zero-order valence-electron chi connectivity index (χ0n) is 16.7. The first-order chi connectivity index (χ1) is 13.9. The molecule has 3 aliphatic rings. The van der Waals surface area contributed by atoms with E-state index in [1.165, 1.54) is 48.6 Å². The van der Waals surface area contributed by atoms with E-state index in [0.29, 0.717) is 3.63 Å². The molecule has 1 unspecified atom stereocenters. The van der Waals surface area contributed by atoms with Crippen molar-refractivity contribution in [2.45, 2.75) is 35.7 Å². The van der Waals surface area contributed by atoms with E-state index in [2.05, 4.69) is 77.4 Å². The molecule has 0 saturated heterocycles. The topological polar surface area (TPSA) is 4.93 Å². The van der Waals surface area contributed by atoms with Gasteiger partial charge in [0.15, 0.2) is 0 Å². The van der Waals surface area contributed by atoms with Crippen LogP contribution in [0.5, 0.6) is 0 Å². The van der Waals surface area contributed by atoms with Crippen molar-refractivity contribution in [1.82, 2.24) is 4.57 Å². The fraction of sp³-hybridized carbons (Fsp3) is 0.231. The zero-order chi connectivity index (χ0) is 18.5. The summed E-state index contributed by atoms with van der Waals surface area (Å²) in [5.41, 5.74) is 9.20. The summed E-state index contributed by atoms with van der Waals surface area (Å²) in [4.78, 5) is 0. The first kappa shape index (κ1) is 21.9. The van der Waals surface area contributed by atoms with Crippen molar-refractivity contribution in [2.75, 3.05) is 0 Å². The maximum absolute atomic E-state index is 2.68. The molecule has 0 fully saturated rings. The van der Waals surface area contributed by atoms with E-state index in [4.69, 9.17) is 0 Å². The smallest absolute Gasteiger partial charge is 1.00 e. The van der Waals surface area contributed by atoms with Gasteiger partial charge in [-0.25, -0.2) is 0 Å². The van der Waals surface area contributed by atoms with Crippen LogP contribution in [0.1, 0.15) is 45.3 Å². The number of para-hydroxylation sites is 1. The number of nitrogens with zero attached hydrogens (tertiary/aromatic N) is 1. The average Bonchev–Trinajstić information content (AvgIpc) is 3.45. The number of allylic oxidation sites excluding steroid dienone is 5. The number of benzene rings is 2. The van der Waals surface area contributed by atoms with Gasteiger partial charge in [0.25, 0.3) is 0 Å². The SMILES string of the molecule is C1=CC[C]([Zr+2][CH]2C(n3c4c(c5ccccc53)CCCC4)=Cc3ccccc32)=C1.[Cl-].[Cl-]. The van der Waals surface area contributed by atoms with Crippen LogP contribution < -0.4 is 24.8 Å². The minimum absolute atomic E-state index is 0. The van der Waals surface area contributed by atoms with Crippen LogP contribution in [-0.2, 0) is 36.1 Å². The van der Waals surface area contributed by atoms with Gasteiger partial charge in [-0.1, -0.05) is 0 Å². The molecular formula is C26H23Cl2NZr. The Balaban J connectivity index is 0.00000109. The second kappa shape index (κ2) is 9.03. The normalized spacial score (nSPS) is 18.6. The van der Waals surface area contributed by atoms with E-state index < -0.39 is 23.2 Å². The van der Waals surface area contributed by atoms with Crippen molar-refractivity contribution in [3.8, 4) is 0 Å². The third-order valence-electron chi connectivity index (χ3n) is 6.44. The molecule has 1 atom stereocenters. The van der Waals surface area contributed by atoms with Crippen LogP contribution in [0.3, 0.4) is 0 Å². The molecule has 4 heteroatoms. The molecule has 3 aliphatic carbocycles. The van der Waals surface area contributed by atoms with E-state index in [0.717, 1.165) is 0 Å². The predicted molar refractivity (Wildman–Crippen MR) is 114 cm³/mol. The Morgan fingerprint density at radius 1 is 0.900 bits per heavy atom. The van der Waals surface area contributed by atoms with Crippen LogP contribution in [0.25, 0.3) is 22.7 Å². The van der Waals surface area contributed by atoms with E-state index >= 15 is 0 Å². The van der Waals surface area contributed by atoms with Crippen LogP contribution in [0.2, 0.25) is 0 Å². The van der Waals surface area contributed by atoms with Gasteiger partial charge in [-0.15, -0.1) is 0 Å². The molecular weight excluding hydrogens is 488 g/mol. The van der Waals surface area contributed by atoms with Gasteiger partial charge in [0.05, 0.1) is 0 Å². The standard InChI is InChI=1S/C21H18N.C5H5.2ClH.Zr/c1-2-8-16-14-17(13-15(16)7-1)22-20-11-5-3-9-18(20)19-10-4-6-12-21(19)22;1-2-4-5-3-1;;;/h1-3,5,7-9,11,13-14H,4,6,10,12H2;1-3H,4H2;2*1H;/q;;;;+2/p-2. The molecule has 0 saturated carbocycles. The Labute approximate surface area is 202 Å². The van der Waals surface area contributed by atoms with Gasteiger partial charge in [0, 0.05) is 0 Å². The quantitative estimate of drug-likeness (QED) is 0.483. The monoisotopic (exact) mass is 509 g/mol. The second-order valence-electron chi connectivity index (χ2n) is 8.08. The Kier molecular flexibility index (Phi) is 6.59. The molecule has 0 radical (unpaired) electrons. The van der Waals surface area contributed by atoms with Gasteiger partial charge >= 0.3 is 179 Å². The Morgan fingerprint density at radius 3 is 2.57 bits per heavy atom. The van der Waals surface area contributed by atoms with Gasteiger partial charge in [0.2, 0.25) is 0 Å². The van der Waals surface area contributed by atoms with Crippen LogP contribution >= 0.6 is 0 Å². The van der Waals surface area contributed by atoms with Crippen molar-refractivity contribution < 1.29 is 48.0 Å². The molecule has 6 rings (SSSR count). The first-order valence-electron chi connectivity index (χ1n) is 10.4. The molecule has 1 aromatic heterocycles. The van der Waals surface area contributed by atoms with Gasteiger partial charge in [-0.2, -0.15) is 0 Å². The number of rotatable bonds is 3.